The molecule has 0 fully saturated rings. The lowest BCUT2D eigenvalue weighted by molar-refractivity contribution is 0.177. The van der Waals surface area contributed by atoms with E-state index in [1.165, 1.54) is 6.07 Å². The van der Waals surface area contributed by atoms with Crippen LogP contribution in [0, 0.1) is 12.7 Å². The maximum absolute atomic E-state index is 13.8. The number of pyridine rings is 1. The molecule has 0 spiro atoms. The van der Waals surface area contributed by atoms with Gasteiger partial charge in [-0.3, -0.25) is 0 Å². The molecule has 1 aromatic carbocycles. The van der Waals surface area contributed by atoms with Crippen molar-refractivity contribution in [3.63, 3.8) is 0 Å². The molecule has 0 aliphatic carbocycles. The number of hydrogen-bond donors (Lipinski definition) is 2. The molecular weight excluding hydrogens is 267 g/mol. The number of nitrogens with zero attached hydrogens (tertiary/aromatic N) is 1. The minimum Gasteiger partial charge on any atom is -0.388 e. The van der Waals surface area contributed by atoms with Gasteiger partial charge in [0.05, 0.1) is 11.1 Å². The van der Waals surface area contributed by atoms with Gasteiger partial charge in [-0.2, -0.15) is 0 Å². The highest BCUT2D eigenvalue weighted by atomic mass is 35.5. The van der Waals surface area contributed by atoms with Crippen molar-refractivity contribution in [1.82, 2.24) is 4.98 Å². The summed E-state index contributed by atoms with van der Waals surface area (Å²) >= 11 is 5.71. The third kappa shape index (κ3) is 2.85. The average Bonchev–Trinajstić information content (AvgIpc) is 2.35. The molecule has 3 N–H and O–H groups in total. The monoisotopic (exact) mass is 280 g/mol. The van der Waals surface area contributed by atoms with Crippen molar-refractivity contribution in [3.8, 4) is 0 Å². The molecule has 2 aromatic rings. The summed E-state index contributed by atoms with van der Waals surface area (Å²) in [5.41, 5.74) is 7.45. The average molecular weight is 281 g/mol. The van der Waals surface area contributed by atoms with E-state index in [2.05, 4.69) is 4.98 Å². The topological polar surface area (TPSA) is 59.1 Å². The van der Waals surface area contributed by atoms with Gasteiger partial charge in [0, 0.05) is 18.2 Å². The third-order valence-corrected chi connectivity index (χ3v) is 3.31. The molecule has 0 amide bonds. The van der Waals surface area contributed by atoms with Crippen molar-refractivity contribution in [2.24, 2.45) is 0 Å². The molecule has 1 heterocycles. The highest BCUT2D eigenvalue weighted by molar-refractivity contribution is 6.30. The number of anilines is 1. The number of aryl methyl sites for hydroxylation is 1. The van der Waals surface area contributed by atoms with Crippen LogP contribution in [0.15, 0.2) is 30.5 Å². The largest absolute Gasteiger partial charge is 0.388 e. The van der Waals surface area contributed by atoms with Crippen molar-refractivity contribution >= 4 is 17.4 Å². The summed E-state index contributed by atoms with van der Waals surface area (Å²) in [7, 11) is 0. The van der Waals surface area contributed by atoms with Gasteiger partial charge in [0.2, 0.25) is 0 Å². The number of benzene rings is 1. The van der Waals surface area contributed by atoms with Crippen molar-refractivity contribution in [1.29, 1.82) is 0 Å². The lowest BCUT2D eigenvalue weighted by Gasteiger charge is -2.16. The predicted octanol–water partition coefficient (Wildman–Crippen LogP) is 3.04. The molecule has 2 rings (SSSR count). The molecule has 1 unspecified atom stereocenters. The van der Waals surface area contributed by atoms with E-state index < -0.39 is 11.9 Å². The Bertz CT molecular complexity index is 584. The molecule has 0 aliphatic rings. The van der Waals surface area contributed by atoms with E-state index in [9.17, 15) is 9.50 Å². The second-order valence-corrected chi connectivity index (χ2v) is 4.77. The van der Waals surface area contributed by atoms with Gasteiger partial charge in [-0.1, -0.05) is 23.7 Å². The molecule has 1 atom stereocenters. The van der Waals surface area contributed by atoms with Gasteiger partial charge in [-0.05, 0) is 30.2 Å². The number of aromatic nitrogens is 1. The zero-order valence-corrected chi connectivity index (χ0v) is 11.2. The number of nitrogen functional groups attached to an aromatic ring is 1. The summed E-state index contributed by atoms with van der Waals surface area (Å²) in [6.45, 7) is 1.82. The molecular formula is C14H14ClFN2O. The van der Waals surface area contributed by atoms with Gasteiger partial charge in [-0.15, -0.1) is 0 Å². The zero-order chi connectivity index (χ0) is 14.0. The van der Waals surface area contributed by atoms with E-state index in [-0.39, 0.29) is 17.3 Å². The van der Waals surface area contributed by atoms with Crippen LogP contribution in [-0.2, 0) is 6.42 Å². The quantitative estimate of drug-likeness (QED) is 0.908. The van der Waals surface area contributed by atoms with E-state index in [0.717, 1.165) is 5.56 Å². The molecule has 0 aliphatic heterocycles. The predicted molar refractivity (Wildman–Crippen MR) is 73.5 cm³/mol. The molecule has 0 bridgehead atoms. The standard InChI is InChI=1S/C14H14ClFN2O/c1-8-5-6-18-14(17)12(8)11(19)7-9-3-2-4-10(15)13(9)16/h2-6,11,19H,7H2,1H3,(H2,17,18). The molecule has 5 heteroatoms. The molecule has 1 aromatic heterocycles. The van der Waals surface area contributed by atoms with E-state index >= 15 is 0 Å². The van der Waals surface area contributed by atoms with Crippen LogP contribution < -0.4 is 5.73 Å². The SMILES string of the molecule is Cc1ccnc(N)c1C(O)Cc1cccc(Cl)c1F. The minimum absolute atomic E-state index is 0.0422. The van der Waals surface area contributed by atoms with E-state index in [1.807, 2.05) is 6.92 Å². The van der Waals surface area contributed by atoms with E-state index in [0.29, 0.717) is 11.1 Å². The fourth-order valence-corrected chi connectivity index (χ4v) is 2.23. The summed E-state index contributed by atoms with van der Waals surface area (Å²) in [6, 6.07) is 6.46. The second-order valence-electron chi connectivity index (χ2n) is 4.36. The smallest absolute Gasteiger partial charge is 0.145 e. The van der Waals surface area contributed by atoms with Crippen LogP contribution in [0.1, 0.15) is 22.8 Å². The third-order valence-electron chi connectivity index (χ3n) is 3.02. The van der Waals surface area contributed by atoms with Gasteiger partial charge in [0.15, 0.2) is 0 Å². The van der Waals surface area contributed by atoms with E-state index in [1.54, 1.807) is 24.4 Å². The van der Waals surface area contributed by atoms with Crippen LogP contribution in [0.3, 0.4) is 0 Å². The van der Waals surface area contributed by atoms with Crippen LogP contribution in [0.25, 0.3) is 0 Å². The Hall–Kier alpha value is -1.65. The molecule has 0 saturated carbocycles. The lowest BCUT2D eigenvalue weighted by atomic mass is 9.98. The molecule has 0 radical (unpaired) electrons. The van der Waals surface area contributed by atoms with Crippen molar-refractivity contribution in [3.05, 3.63) is 58.0 Å². The second kappa shape index (κ2) is 5.55. The zero-order valence-electron chi connectivity index (χ0n) is 10.4. The van der Waals surface area contributed by atoms with Crippen LogP contribution >= 0.6 is 11.6 Å². The van der Waals surface area contributed by atoms with Gasteiger partial charge in [0.25, 0.3) is 0 Å². The Morgan fingerprint density at radius 1 is 1.42 bits per heavy atom. The molecule has 100 valence electrons. The van der Waals surface area contributed by atoms with Gasteiger partial charge in [0.1, 0.15) is 11.6 Å². The maximum Gasteiger partial charge on any atom is 0.145 e. The summed E-state index contributed by atoms with van der Waals surface area (Å²) < 4.78 is 13.8. The number of aliphatic hydroxyl groups is 1. The number of nitrogens with two attached hydrogens (primary N) is 1. The van der Waals surface area contributed by atoms with Crippen LogP contribution in [0.4, 0.5) is 10.2 Å². The van der Waals surface area contributed by atoms with Gasteiger partial charge >= 0.3 is 0 Å². The van der Waals surface area contributed by atoms with Gasteiger partial charge < -0.3 is 10.8 Å². The number of halogens is 2. The molecule has 19 heavy (non-hydrogen) atoms. The summed E-state index contributed by atoms with van der Waals surface area (Å²) in [4.78, 5) is 3.94. The Labute approximate surface area is 115 Å². The first kappa shape index (κ1) is 13.8. The lowest BCUT2D eigenvalue weighted by Crippen LogP contribution is -2.09. The van der Waals surface area contributed by atoms with Crippen LogP contribution in [-0.4, -0.2) is 10.1 Å². The highest BCUT2D eigenvalue weighted by Gasteiger charge is 2.17. The summed E-state index contributed by atoms with van der Waals surface area (Å²) in [5.74, 6) is -0.252. The fourth-order valence-electron chi connectivity index (χ4n) is 2.04. The number of hydrogen-bond acceptors (Lipinski definition) is 3. The summed E-state index contributed by atoms with van der Waals surface area (Å²) in [5, 5.41) is 10.3. The first-order valence-electron chi connectivity index (χ1n) is 5.82. The number of rotatable bonds is 3. The minimum atomic E-state index is -0.915. The van der Waals surface area contributed by atoms with Crippen LogP contribution in [0.2, 0.25) is 5.02 Å². The van der Waals surface area contributed by atoms with Crippen LogP contribution in [0.5, 0.6) is 0 Å². The van der Waals surface area contributed by atoms with Crippen molar-refractivity contribution in [2.45, 2.75) is 19.4 Å². The molecule has 0 saturated heterocycles. The maximum atomic E-state index is 13.8. The normalized spacial score (nSPS) is 12.4. The molecule has 3 nitrogen and oxygen atoms in total. The Morgan fingerprint density at radius 2 is 2.16 bits per heavy atom. The Morgan fingerprint density at radius 3 is 2.84 bits per heavy atom. The first-order chi connectivity index (χ1) is 9.00. The fraction of sp³-hybridized carbons (Fsp3) is 0.214. The van der Waals surface area contributed by atoms with Gasteiger partial charge in [-0.25, -0.2) is 9.37 Å². The highest BCUT2D eigenvalue weighted by Crippen LogP contribution is 2.27. The Kier molecular flexibility index (Phi) is 4.02. The van der Waals surface area contributed by atoms with Crippen molar-refractivity contribution in [2.75, 3.05) is 5.73 Å². The summed E-state index contributed by atoms with van der Waals surface area (Å²) in [6.07, 6.45) is 0.755. The first-order valence-corrected chi connectivity index (χ1v) is 6.20. The Balaban J connectivity index is 2.31. The van der Waals surface area contributed by atoms with Crippen molar-refractivity contribution < 1.29 is 9.50 Å². The van der Waals surface area contributed by atoms with E-state index in [4.69, 9.17) is 17.3 Å². The number of aliphatic hydroxyl groups excluding tert-OH is 1.